The summed E-state index contributed by atoms with van der Waals surface area (Å²) in [5, 5.41) is 15.1. The Morgan fingerprint density at radius 3 is 2.85 bits per heavy atom. The fourth-order valence-corrected chi connectivity index (χ4v) is 3.35. The van der Waals surface area contributed by atoms with Crippen LogP contribution in [0.15, 0.2) is 64.7 Å². The molecule has 3 rings (SSSR count). The Bertz CT molecular complexity index is 999. The van der Waals surface area contributed by atoms with Gasteiger partial charge in [-0.1, -0.05) is 18.2 Å². The maximum atomic E-state index is 12.1. The SMILES string of the molecule is COc1ccc(/C(C)=N/NC(=O)CSc2cccc3cccnc23)c(O)c1. The number of phenols is 1. The molecule has 0 spiro atoms. The summed E-state index contributed by atoms with van der Waals surface area (Å²) in [5.74, 6) is 0.565. The predicted molar refractivity (Wildman–Crippen MR) is 107 cm³/mol. The van der Waals surface area contributed by atoms with Gasteiger partial charge in [0.05, 0.1) is 24.1 Å². The molecule has 6 nitrogen and oxygen atoms in total. The molecule has 0 aliphatic carbocycles. The number of aromatic nitrogens is 1. The number of nitrogens with zero attached hydrogens (tertiary/aromatic N) is 2. The highest BCUT2D eigenvalue weighted by atomic mass is 32.2. The highest BCUT2D eigenvalue weighted by molar-refractivity contribution is 8.00. The van der Waals surface area contributed by atoms with Crippen LogP contribution in [0, 0.1) is 0 Å². The molecule has 0 atom stereocenters. The third-order valence-electron chi connectivity index (χ3n) is 3.90. The molecular formula is C20H19N3O3S. The number of benzene rings is 2. The van der Waals surface area contributed by atoms with Gasteiger partial charge in [0.2, 0.25) is 5.91 Å². The lowest BCUT2D eigenvalue weighted by atomic mass is 10.1. The van der Waals surface area contributed by atoms with Gasteiger partial charge >= 0.3 is 0 Å². The molecule has 0 aliphatic rings. The van der Waals surface area contributed by atoms with Gasteiger partial charge in [0.1, 0.15) is 11.5 Å². The summed E-state index contributed by atoms with van der Waals surface area (Å²) < 4.78 is 5.05. The second-order valence-electron chi connectivity index (χ2n) is 5.74. The van der Waals surface area contributed by atoms with Crippen molar-refractivity contribution in [3.8, 4) is 11.5 Å². The zero-order valence-electron chi connectivity index (χ0n) is 15.0. The number of amides is 1. The molecule has 1 amide bonds. The van der Waals surface area contributed by atoms with E-state index < -0.39 is 0 Å². The third-order valence-corrected chi connectivity index (χ3v) is 4.94. The van der Waals surface area contributed by atoms with E-state index in [1.54, 1.807) is 25.3 Å². The number of hydrazone groups is 1. The third kappa shape index (κ3) is 4.57. The number of rotatable bonds is 6. The molecule has 0 fully saturated rings. The van der Waals surface area contributed by atoms with Crippen molar-refractivity contribution in [1.29, 1.82) is 0 Å². The smallest absolute Gasteiger partial charge is 0.250 e. The Morgan fingerprint density at radius 2 is 2.07 bits per heavy atom. The van der Waals surface area contributed by atoms with Gasteiger partial charge in [0.15, 0.2) is 0 Å². The first-order valence-corrected chi connectivity index (χ1v) is 9.24. The lowest BCUT2D eigenvalue weighted by molar-refractivity contribution is -0.118. The van der Waals surface area contributed by atoms with E-state index in [1.165, 1.54) is 24.9 Å². The average molecular weight is 381 g/mol. The zero-order chi connectivity index (χ0) is 19.2. The van der Waals surface area contributed by atoms with E-state index in [4.69, 9.17) is 4.74 Å². The molecule has 0 bridgehead atoms. The highest BCUT2D eigenvalue weighted by Gasteiger charge is 2.09. The Balaban J connectivity index is 1.63. The number of hydrogen-bond donors (Lipinski definition) is 2. The number of ether oxygens (including phenoxy) is 1. The monoisotopic (exact) mass is 381 g/mol. The summed E-state index contributed by atoms with van der Waals surface area (Å²) in [5.41, 5.74) is 4.43. The van der Waals surface area contributed by atoms with Crippen molar-refractivity contribution in [2.75, 3.05) is 12.9 Å². The van der Waals surface area contributed by atoms with E-state index in [0.29, 0.717) is 17.0 Å². The second-order valence-corrected chi connectivity index (χ2v) is 6.75. The lowest BCUT2D eigenvalue weighted by Crippen LogP contribution is -2.21. The number of pyridine rings is 1. The van der Waals surface area contributed by atoms with E-state index in [1.807, 2.05) is 30.3 Å². The Labute approximate surface area is 161 Å². The van der Waals surface area contributed by atoms with Crippen LogP contribution >= 0.6 is 11.8 Å². The van der Waals surface area contributed by atoms with Crippen LogP contribution < -0.4 is 10.2 Å². The molecule has 0 radical (unpaired) electrons. The molecule has 0 saturated heterocycles. The number of para-hydroxylation sites is 1. The number of phenolic OH excluding ortho intramolecular Hbond substituents is 1. The van der Waals surface area contributed by atoms with Gasteiger partial charge in [-0.3, -0.25) is 9.78 Å². The first kappa shape index (κ1) is 18.7. The van der Waals surface area contributed by atoms with Gasteiger partial charge in [-0.2, -0.15) is 5.10 Å². The molecule has 27 heavy (non-hydrogen) atoms. The lowest BCUT2D eigenvalue weighted by Gasteiger charge is -2.07. The van der Waals surface area contributed by atoms with Gasteiger partial charge in [-0.25, -0.2) is 5.43 Å². The van der Waals surface area contributed by atoms with Gasteiger partial charge in [-0.15, -0.1) is 11.8 Å². The minimum Gasteiger partial charge on any atom is -0.507 e. The molecule has 7 heteroatoms. The summed E-state index contributed by atoms with van der Waals surface area (Å²) in [6.45, 7) is 1.71. The standard InChI is InChI=1S/C20H19N3O3S/c1-13(16-9-8-15(26-2)11-17(16)24)22-23-19(25)12-27-18-7-3-5-14-6-4-10-21-20(14)18/h3-11,24H,12H2,1-2H3,(H,23,25)/b22-13+. The van der Waals surface area contributed by atoms with Crippen molar-refractivity contribution in [3.05, 3.63) is 60.3 Å². The molecule has 3 aromatic rings. The molecule has 0 saturated carbocycles. The van der Waals surface area contributed by atoms with Crippen LogP contribution in [-0.4, -0.2) is 34.6 Å². The van der Waals surface area contributed by atoms with Crippen molar-refractivity contribution < 1.29 is 14.6 Å². The zero-order valence-corrected chi connectivity index (χ0v) is 15.8. The highest BCUT2D eigenvalue weighted by Crippen LogP contribution is 2.26. The molecule has 2 aromatic carbocycles. The molecular weight excluding hydrogens is 362 g/mol. The first-order chi connectivity index (χ1) is 13.1. The van der Waals surface area contributed by atoms with Crippen molar-refractivity contribution in [1.82, 2.24) is 10.4 Å². The number of nitrogens with one attached hydrogen (secondary N) is 1. The minimum absolute atomic E-state index is 0.0426. The van der Waals surface area contributed by atoms with E-state index in [2.05, 4.69) is 15.5 Å². The molecule has 138 valence electrons. The quantitative estimate of drug-likeness (QED) is 0.387. The number of fused-ring (bicyclic) bond motifs is 1. The van der Waals surface area contributed by atoms with Crippen molar-refractivity contribution in [2.24, 2.45) is 5.10 Å². The first-order valence-electron chi connectivity index (χ1n) is 8.25. The van der Waals surface area contributed by atoms with Crippen molar-refractivity contribution in [2.45, 2.75) is 11.8 Å². The number of thioether (sulfide) groups is 1. The Kier molecular flexibility index (Phi) is 5.93. The van der Waals surface area contributed by atoms with Gasteiger partial charge in [0.25, 0.3) is 0 Å². The fraction of sp³-hybridized carbons (Fsp3) is 0.150. The fourth-order valence-electron chi connectivity index (χ4n) is 2.52. The number of methoxy groups -OCH3 is 1. The van der Waals surface area contributed by atoms with Crippen molar-refractivity contribution >= 4 is 34.3 Å². The van der Waals surface area contributed by atoms with E-state index in [9.17, 15) is 9.90 Å². The number of carbonyl (C=O) groups excluding carboxylic acids is 1. The van der Waals surface area contributed by atoms with Crippen LogP contribution in [0.2, 0.25) is 0 Å². The number of hydrogen-bond acceptors (Lipinski definition) is 6. The average Bonchev–Trinajstić information content (AvgIpc) is 2.70. The number of carbonyl (C=O) groups is 1. The molecule has 1 aromatic heterocycles. The van der Waals surface area contributed by atoms with Crippen LogP contribution in [0.25, 0.3) is 10.9 Å². The molecule has 1 heterocycles. The van der Waals surface area contributed by atoms with Crippen LogP contribution in [0.3, 0.4) is 0 Å². The summed E-state index contributed by atoms with van der Waals surface area (Å²) in [4.78, 5) is 17.5. The van der Waals surface area contributed by atoms with Crippen LogP contribution in [-0.2, 0) is 4.79 Å². The minimum atomic E-state index is -0.236. The van der Waals surface area contributed by atoms with Crippen molar-refractivity contribution in [3.63, 3.8) is 0 Å². The van der Waals surface area contributed by atoms with Gasteiger partial charge in [-0.05, 0) is 31.2 Å². The van der Waals surface area contributed by atoms with Crippen LogP contribution in [0.4, 0.5) is 0 Å². The van der Waals surface area contributed by atoms with E-state index in [0.717, 1.165) is 15.8 Å². The largest absolute Gasteiger partial charge is 0.507 e. The normalized spacial score (nSPS) is 11.4. The number of aromatic hydroxyl groups is 1. The Hall–Kier alpha value is -3.06. The summed E-state index contributed by atoms with van der Waals surface area (Å²) in [6.07, 6.45) is 1.74. The maximum Gasteiger partial charge on any atom is 0.250 e. The van der Waals surface area contributed by atoms with Gasteiger partial charge < -0.3 is 9.84 Å². The summed E-state index contributed by atoms with van der Waals surface area (Å²) >= 11 is 1.40. The van der Waals surface area contributed by atoms with Gasteiger partial charge in [0, 0.05) is 28.1 Å². The van der Waals surface area contributed by atoms with E-state index >= 15 is 0 Å². The van der Waals surface area contributed by atoms with Crippen LogP contribution in [0.5, 0.6) is 11.5 Å². The maximum absolute atomic E-state index is 12.1. The molecule has 0 unspecified atom stereocenters. The predicted octanol–water partition coefficient (Wildman–Crippen LogP) is 3.58. The molecule has 2 N–H and O–H groups in total. The Morgan fingerprint density at radius 1 is 1.26 bits per heavy atom. The topological polar surface area (TPSA) is 83.8 Å². The van der Waals surface area contributed by atoms with E-state index in [-0.39, 0.29) is 17.4 Å². The summed E-state index contributed by atoms with van der Waals surface area (Å²) in [6, 6.07) is 14.7. The van der Waals surface area contributed by atoms with Crippen LogP contribution in [0.1, 0.15) is 12.5 Å². The second kappa shape index (κ2) is 8.55. The summed E-state index contributed by atoms with van der Waals surface area (Å²) in [7, 11) is 1.53. The molecule has 0 aliphatic heterocycles.